The van der Waals surface area contributed by atoms with E-state index in [-0.39, 0.29) is 30.0 Å². The second-order valence-electron chi connectivity index (χ2n) is 6.38. The fourth-order valence-electron chi connectivity index (χ4n) is 2.67. The molecule has 24 heavy (non-hydrogen) atoms. The molecule has 1 aliphatic heterocycles. The molecule has 1 aliphatic rings. The van der Waals surface area contributed by atoms with Crippen molar-refractivity contribution in [2.45, 2.75) is 26.7 Å². The highest BCUT2D eigenvalue weighted by Gasteiger charge is 2.30. The van der Waals surface area contributed by atoms with Crippen LogP contribution in [-0.2, 0) is 4.79 Å². The van der Waals surface area contributed by atoms with Crippen molar-refractivity contribution in [3.8, 4) is 0 Å². The van der Waals surface area contributed by atoms with E-state index in [1.807, 2.05) is 45.0 Å². The number of rotatable bonds is 3. The molecular weight excluding hydrogens is 306 g/mol. The van der Waals surface area contributed by atoms with Gasteiger partial charge in [-0.25, -0.2) is 0 Å². The number of aryl methyl sites for hydroxylation is 1. The van der Waals surface area contributed by atoms with Crippen molar-refractivity contribution in [3.63, 3.8) is 0 Å². The standard InChI is InChI=1S/C18H21N3O3/c1-12(2)16-10-15(19-24-16)18(23)20-8-9-21(17(22)11-20)14-6-4-13(3)5-7-14/h4-7,10,12H,8-9,11H2,1-3H3. The number of benzene rings is 1. The Hall–Kier alpha value is -2.63. The van der Waals surface area contributed by atoms with Crippen molar-refractivity contribution >= 4 is 17.5 Å². The predicted molar refractivity (Wildman–Crippen MR) is 90.0 cm³/mol. The third-order valence-corrected chi connectivity index (χ3v) is 4.17. The van der Waals surface area contributed by atoms with Crippen LogP contribution in [0, 0.1) is 6.92 Å². The first-order valence-corrected chi connectivity index (χ1v) is 8.08. The number of hydrogen-bond acceptors (Lipinski definition) is 4. The molecule has 0 spiro atoms. The highest BCUT2D eigenvalue weighted by atomic mass is 16.5. The number of carbonyl (C=O) groups is 2. The molecule has 0 bridgehead atoms. The molecule has 0 saturated carbocycles. The zero-order valence-electron chi connectivity index (χ0n) is 14.2. The quantitative estimate of drug-likeness (QED) is 0.869. The Labute approximate surface area is 141 Å². The van der Waals surface area contributed by atoms with Crippen molar-refractivity contribution in [3.05, 3.63) is 47.3 Å². The van der Waals surface area contributed by atoms with Crippen LogP contribution in [0.5, 0.6) is 0 Å². The van der Waals surface area contributed by atoms with Crippen LogP contribution in [0.3, 0.4) is 0 Å². The van der Waals surface area contributed by atoms with Gasteiger partial charge < -0.3 is 14.3 Å². The Morgan fingerprint density at radius 1 is 1.21 bits per heavy atom. The molecule has 1 saturated heterocycles. The normalized spacial score (nSPS) is 15.2. The Kier molecular flexibility index (Phi) is 4.38. The second kappa shape index (κ2) is 6.47. The topological polar surface area (TPSA) is 66.7 Å². The van der Waals surface area contributed by atoms with E-state index >= 15 is 0 Å². The molecule has 0 aliphatic carbocycles. The van der Waals surface area contributed by atoms with E-state index in [1.54, 1.807) is 11.0 Å². The summed E-state index contributed by atoms with van der Waals surface area (Å²) in [5, 5.41) is 3.83. The Balaban J connectivity index is 1.69. The number of piperazine rings is 1. The molecular formula is C18H21N3O3. The minimum absolute atomic E-state index is 0.0522. The summed E-state index contributed by atoms with van der Waals surface area (Å²) in [4.78, 5) is 28.2. The van der Waals surface area contributed by atoms with Gasteiger partial charge in [-0.1, -0.05) is 36.7 Å². The molecule has 2 aromatic rings. The van der Waals surface area contributed by atoms with Gasteiger partial charge in [-0.15, -0.1) is 0 Å². The lowest BCUT2D eigenvalue weighted by atomic mass is 10.1. The molecule has 1 aromatic carbocycles. The van der Waals surface area contributed by atoms with Gasteiger partial charge in [0.15, 0.2) is 5.69 Å². The van der Waals surface area contributed by atoms with Crippen LogP contribution in [-0.4, -0.2) is 41.5 Å². The first-order valence-electron chi connectivity index (χ1n) is 8.08. The molecule has 2 heterocycles. The fraction of sp³-hybridized carbons (Fsp3) is 0.389. The minimum atomic E-state index is -0.262. The lowest BCUT2D eigenvalue weighted by Crippen LogP contribution is -2.52. The minimum Gasteiger partial charge on any atom is -0.360 e. The van der Waals surface area contributed by atoms with E-state index < -0.39 is 0 Å². The first-order chi connectivity index (χ1) is 11.5. The third-order valence-electron chi connectivity index (χ3n) is 4.17. The van der Waals surface area contributed by atoms with E-state index in [1.165, 1.54) is 4.90 Å². The van der Waals surface area contributed by atoms with Gasteiger partial charge in [0.2, 0.25) is 5.91 Å². The lowest BCUT2D eigenvalue weighted by molar-refractivity contribution is -0.120. The van der Waals surface area contributed by atoms with Gasteiger partial charge >= 0.3 is 0 Å². The van der Waals surface area contributed by atoms with Gasteiger partial charge in [-0.3, -0.25) is 9.59 Å². The van der Waals surface area contributed by atoms with Gasteiger partial charge in [-0.2, -0.15) is 0 Å². The summed E-state index contributed by atoms with van der Waals surface area (Å²) in [5.74, 6) is 0.482. The van der Waals surface area contributed by atoms with Crippen molar-refractivity contribution in [1.29, 1.82) is 0 Å². The molecule has 2 amide bonds. The van der Waals surface area contributed by atoms with Crippen LogP contribution in [0.4, 0.5) is 5.69 Å². The summed E-state index contributed by atoms with van der Waals surface area (Å²) in [7, 11) is 0. The smallest absolute Gasteiger partial charge is 0.276 e. The lowest BCUT2D eigenvalue weighted by Gasteiger charge is -2.34. The molecule has 1 aromatic heterocycles. The monoisotopic (exact) mass is 327 g/mol. The highest BCUT2D eigenvalue weighted by Crippen LogP contribution is 2.20. The zero-order chi connectivity index (χ0) is 17.3. The Bertz CT molecular complexity index is 749. The summed E-state index contributed by atoms with van der Waals surface area (Å²) >= 11 is 0. The molecule has 0 N–H and O–H groups in total. The van der Waals surface area contributed by atoms with Crippen LogP contribution < -0.4 is 4.90 Å². The van der Waals surface area contributed by atoms with Crippen LogP contribution in [0.2, 0.25) is 0 Å². The maximum Gasteiger partial charge on any atom is 0.276 e. The molecule has 3 rings (SSSR count). The number of carbonyl (C=O) groups excluding carboxylic acids is 2. The van der Waals surface area contributed by atoms with Gasteiger partial charge in [0, 0.05) is 30.8 Å². The van der Waals surface area contributed by atoms with Gasteiger partial charge in [0.05, 0.1) is 0 Å². The van der Waals surface area contributed by atoms with Crippen LogP contribution in [0.1, 0.15) is 41.6 Å². The van der Waals surface area contributed by atoms with Crippen molar-refractivity contribution < 1.29 is 14.1 Å². The number of anilines is 1. The van der Waals surface area contributed by atoms with E-state index in [9.17, 15) is 9.59 Å². The van der Waals surface area contributed by atoms with E-state index in [0.717, 1.165) is 11.3 Å². The van der Waals surface area contributed by atoms with Crippen molar-refractivity contribution in [2.24, 2.45) is 0 Å². The summed E-state index contributed by atoms with van der Waals surface area (Å²) in [5.41, 5.74) is 2.27. The molecule has 0 unspecified atom stereocenters. The molecule has 0 radical (unpaired) electrons. The van der Waals surface area contributed by atoms with Crippen LogP contribution in [0.15, 0.2) is 34.9 Å². The molecule has 126 valence electrons. The number of nitrogens with zero attached hydrogens (tertiary/aromatic N) is 3. The predicted octanol–water partition coefficient (Wildman–Crippen LogP) is 2.60. The van der Waals surface area contributed by atoms with E-state index in [2.05, 4.69) is 5.16 Å². The number of aromatic nitrogens is 1. The van der Waals surface area contributed by atoms with Crippen molar-refractivity contribution in [1.82, 2.24) is 10.1 Å². The van der Waals surface area contributed by atoms with Gasteiger partial charge in [0.1, 0.15) is 12.3 Å². The van der Waals surface area contributed by atoms with Gasteiger partial charge in [-0.05, 0) is 19.1 Å². The van der Waals surface area contributed by atoms with E-state index in [0.29, 0.717) is 18.8 Å². The molecule has 0 atom stereocenters. The summed E-state index contributed by atoms with van der Waals surface area (Å²) in [6.45, 7) is 6.95. The summed E-state index contributed by atoms with van der Waals surface area (Å²) in [6, 6.07) is 9.46. The average Bonchev–Trinajstić information content (AvgIpc) is 3.05. The average molecular weight is 327 g/mol. The number of hydrogen-bond donors (Lipinski definition) is 0. The largest absolute Gasteiger partial charge is 0.360 e. The fourth-order valence-corrected chi connectivity index (χ4v) is 2.67. The Morgan fingerprint density at radius 2 is 1.92 bits per heavy atom. The molecule has 1 fully saturated rings. The third kappa shape index (κ3) is 3.18. The van der Waals surface area contributed by atoms with E-state index in [4.69, 9.17) is 4.52 Å². The zero-order valence-corrected chi connectivity index (χ0v) is 14.2. The maximum atomic E-state index is 12.5. The highest BCUT2D eigenvalue weighted by molar-refractivity contribution is 6.01. The first kappa shape index (κ1) is 16.2. The SMILES string of the molecule is Cc1ccc(N2CCN(C(=O)c3cc(C(C)C)on3)CC2=O)cc1. The summed E-state index contributed by atoms with van der Waals surface area (Å²) in [6.07, 6.45) is 0. The van der Waals surface area contributed by atoms with Crippen LogP contribution in [0.25, 0.3) is 0 Å². The van der Waals surface area contributed by atoms with Gasteiger partial charge in [0.25, 0.3) is 5.91 Å². The maximum absolute atomic E-state index is 12.5. The van der Waals surface area contributed by atoms with Crippen molar-refractivity contribution in [2.75, 3.05) is 24.5 Å². The Morgan fingerprint density at radius 3 is 2.50 bits per heavy atom. The number of amides is 2. The second-order valence-corrected chi connectivity index (χ2v) is 6.38. The molecule has 6 nitrogen and oxygen atoms in total. The summed E-state index contributed by atoms with van der Waals surface area (Å²) < 4.78 is 5.17. The van der Waals surface area contributed by atoms with Crippen LogP contribution >= 0.6 is 0 Å². The molecule has 6 heteroatoms.